The molecule has 0 radical (unpaired) electrons. The molecule has 19 heavy (non-hydrogen) atoms. The first-order valence-electron chi connectivity index (χ1n) is 5.65. The Morgan fingerprint density at radius 1 is 1.32 bits per heavy atom. The van der Waals surface area contributed by atoms with Gasteiger partial charge in [0.1, 0.15) is 17.6 Å². The zero-order chi connectivity index (χ0) is 14.8. The van der Waals surface area contributed by atoms with Gasteiger partial charge in [-0.1, -0.05) is 20.8 Å². The highest BCUT2D eigenvalue weighted by atomic mass is 19.1. The molecule has 0 bridgehead atoms. The Balaban J connectivity index is 2.98. The number of nitrogens with one attached hydrogen (secondary N) is 1. The summed E-state index contributed by atoms with van der Waals surface area (Å²) in [4.78, 5) is 22.9. The molecule has 0 aliphatic heterocycles. The molecular formula is C13H16FNO4. The summed E-state index contributed by atoms with van der Waals surface area (Å²) in [6, 6.07) is 1.90. The molecule has 1 atom stereocenters. The molecule has 0 fully saturated rings. The Morgan fingerprint density at radius 3 is 2.32 bits per heavy atom. The minimum absolute atomic E-state index is 0.306. The number of phenols is 1. The van der Waals surface area contributed by atoms with E-state index in [9.17, 15) is 14.0 Å². The van der Waals surface area contributed by atoms with E-state index in [1.54, 1.807) is 20.8 Å². The summed E-state index contributed by atoms with van der Waals surface area (Å²) in [5, 5.41) is 20.4. The normalized spacial score (nSPS) is 12.8. The fourth-order valence-corrected chi connectivity index (χ4v) is 1.55. The van der Waals surface area contributed by atoms with Crippen LogP contribution in [0.3, 0.4) is 0 Å². The van der Waals surface area contributed by atoms with Crippen LogP contribution in [0.2, 0.25) is 0 Å². The number of carbonyl (C=O) groups is 2. The lowest BCUT2D eigenvalue weighted by atomic mass is 9.86. The van der Waals surface area contributed by atoms with Crippen molar-refractivity contribution in [1.29, 1.82) is 0 Å². The molecule has 0 saturated heterocycles. The molecule has 5 nitrogen and oxygen atoms in total. The SMILES string of the molecule is CC(C)(C)[C@@H](NC(=O)c1ccc(O)cc1F)C(=O)O. The van der Waals surface area contributed by atoms with Gasteiger partial charge in [0.05, 0.1) is 5.56 Å². The first-order valence-corrected chi connectivity index (χ1v) is 5.65. The van der Waals surface area contributed by atoms with Gasteiger partial charge in [-0.05, 0) is 17.5 Å². The maximum Gasteiger partial charge on any atom is 0.326 e. The standard InChI is InChI=1S/C13H16FNO4/c1-13(2,3)10(12(18)19)15-11(17)8-5-4-7(16)6-9(8)14/h4-6,10,16H,1-3H3,(H,15,17)(H,18,19)/t10-/m0/s1. The summed E-state index contributed by atoms with van der Waals surface area (Å²) in [5.74, 6) is -3.24. The van der Waals surface area contributed by atoms with E-state index in [2.05, 4.69) is 5.32 Å². The van der Waals surface area contributed by atoms with Crippen LogP contribution in [0.15, 0.2) is 18.2 Å². The molecule has 6 heteroatoms. The van der Waals surface area contributed by atoms with Crippen LogP contribution in [-0.2, 0) is 4.79 Å². The number of rotatable bonds is 3. The number of hydrogen-bond donors (Lipinski definition) is 3. The highest BCUT2D eigenvalue weighted by Gasteiger charge is 2.33. The average molecular weight is 269 g/mol. The van der Waals surface area contributed by atoms with E-state index >= 15 is 0 Å². The van der Waals surface area contributed by atoms with Crippen molar-refractivity contribution in [3.8, 4) is 5.75 Å². The van der Waals surface area contributed by atoms with Crippen molar-refractivity contribution in [3.63, 3.8) is 0 Å². The maximum absolute atomic E-state index is 13.5. The van der Waals surface area contributed by atoms with E-state index in [0.717, 1.165) is 18.2 Å². The van der Waals surface area contributed by atoms with Gasteiger partial charge in [-0.3, -0.25) is 4.79 Å². The fraction of sp³-hybridized carbons (Fsp3) is 0.385. The van der Waals surface area contributed by atoms with Gasteiger partial charge in [0.15, 0.2) is 0 Å². The van der Waals surface area contributed by atoms with E-state index in [0.29, 0.717) is 0 Å². The second-order valence-corrected chi connectivity index (χ2v) is 5.27. The summed E-state index contributed by atoms with van der Waals surface area (Å²) < 4.78 is 13.5. The van der Waals surface area contributed by atoms with Gasteiger partial charge < -0.3 is 15.5 Å². The summed E-state index contributed by atoms with van der Waals surface area (Å²) in [7, 11) is 0. The first kappa shape index (κ1) is 14.9. The highest BCUT2D eigenvalue weighted by Crippen LogP contribution is 2.21. The zero-order valence-corrected chi connectivity index (χ0v) is 10.9. The van der Waals surface area contributed by atoms with Crippen molar-refractivity contribution in [2.24, 2.45) is 5.41 Å². The van der Waals surface area contributed by atoms with Crippen molar-refractivity contribution >= 4 is 11.9 Å². The van der Waals surface area contributed by atoms with E-state index in [1.807, 2.05) is 0 Å². The van der Waals surface area contributed by atoms with Crippen LogP contribution in [0.5, 0.6) is 5.75 Å². The van der Waals surface area contributed by atoms with E-state index in [-0.39, 0.29) is 11.3 Å². The van der Waals surface area contributed by atoms with Crippen LogP contribution in [0.1, 0.15) is 31.1 Å². The number of aliphatic carboxylic acids is 1. The molecule has 0 unspecified atom stereocenters. The number of halogens is 1. The number of carboxylic acid groups (broad SMARTS) is 1. The summed E-state index contributed by atoms with van der Waals surface area (Å²) in [5.41, 5.74) is -1.03. The molecule has 104 valence electrons. The average Bonchev–Trinajstić information content (AvgIpc) is 2.23. The number of phenolic OH excluding ortho intramolecular Hbond substituents is 1. The van der Waals surface area contributed by atoms with Gasteiger partial charge in [-0.25, -0.2) is 9.18 Å². The molecule has 0 aromatic heterocycles. The molecule has 0 aliphatic rings. The molecule has 0 aliphatic carbocycles. The van der Waals surface area contributed by atoms with Crippen molar-refractivity contribution < 1.29 is 24.2 Å². The van der Waals surface area contributed by atoms with Gasteiger partial charge in [0.2, 0.25) is 0 Å². The minimum atomic E-state index is -1.19. The Bertz CT molecular complexity index is 508. The molecule has 1 amide bonds. The van der Waals surface area contributed by atoms with Gasteiger partial charge in [-0.15, -0.1) is 0 Å². The lowest BCUT2D eigenvalue weighted by Gasteiger charge is -2.27. The third-order valence-corrected chi connectivity index (χ3v) is 2.59. The maximum atomic E-state index is 13.5. The minimum Gasteiger partial charge on any atom is -0.508 e. The second-order valence-electron chi connectivity index (χ2n) is 5.27. The highest BCUT2D eigenvalue weighted by molar-refractivity contribution is 5.97. The summed E-state index contributed by atoms with van der Waals surface area (Å²) in [6.07, 6.45) is 0. The number of carboxylic acids is 1. The largest absolute Gasteiger partial charge is 0.508 e. The smallest absolute Gasteiger partial charge is 0.326 e. The molecule has 3 N–H and O–H groups in total. The van der Waals surface area contributed by atoms with Crippen LogP contribution < -0.4 is 5.32 Å². The molecular weight excluding hydrogens is 253 g/mol. The Morgan fingerprint density at radius 2 is 1.89 bits per heavy atom. The molecule has 1 aromatic rings. The topological polar surface area (TPSA) is 86.6 Å². The number of hydrogen-bond acceptors (Lipinski definition) is 3. The van der Waals surface area contributed by atoms with Crippen LogP contribution in [0.25, 0.3) is 0 Å². The van der Waals surface area contributed by atoms with E-state index in [4.69, 9.17) is 10.2 Å². The number of carbonyl (C=O) groups excluding carboxylic acids is 1. The quantitative estimate of drug-likeness (QED) is 0.780. The lowest BCUT2D eigenvalue weighted by molar-refractivity contribution is -0.142. The van der Waals surface area contributed by atoms with Crippen LogP contribution in [0, 0.1) is 11.2 Å². The predicted molar refractivity (Wildman–Crippen MR) is 66.4 cm³/mol. The summed E-state index contributed by atoms with van der Waals surface area (Å²) >= 11 is 0. The molecule has 0 heterocycles. The van der Waals surface area contributed by atoms with Crippen molar-refractivity contribution in [2.75, 3.05) is 0 Å². The number of benzene rings is 1. The zero-order valence-electron chi connectivity index (χ0n) is 10.9. The monoisotopic (exact) mass is 269 g/mol. The summed E-state index contributed by atoms with van der Waals surface area (Å²) in [6.45, 7) is 4.96. The van der Waals surface area contributed by atoms with Crippen molar-refractivity contribution in [3.05, 3.63) is 29.6 Å². The second kappa shape index (κ2) is 5.26. The predicted octanol–water partition coefficient (Wildman–Crippen LogP) is 1.76. The number of amides is 1. The van der Waals surface area contributed by atoms with Crippen LogP contribution in [0.4, 0.5) is 4.39 Å². The van der Waals surface area contributed by atoms with Crippen molar-refractivity contribution in [2.45, 2.75) is 26.8 Å². The van der Waals surface area contributed by atoms with E-state index in [1.165, 1.54) is 0 Å². The molecule has 0 spiro atoms. The third-order valence-electron chi connectivity index (χ3n) is 2.59. The van der Waals surface area contributed by atoms with Crippen LogP contribution >= 0.6 is 0 Å². The van der Waals surface area contributed by atoms with E-state index < -0.39 is 29.2 Å². The van der Waals surface area contributed by atoms with Gasteiger partial charge in [-0.2, -0.15) is 0 Å². The van der Waals surface area contributed by atoms with Gasteiger partial charge in [0.25, 0.3) is 5.91 Å². The Kier molecular flexibility index (Phi) is 4.14. The van der Waals surface area contributed by atoms with Gasteiger partial charge in [0, 0.05) is 6.07 Å². The number of aromatic hydroxyl groups is 1. The third kappa shape index (κ3) is 3.67. The van der Waals surface area contributed by atoms with Crippen molar-refractivity contribution in [1.82, 2.24) is 5.32 Å². The van der Waals surface area contributed by atoms with Crippen LogP contribution in [-0.4, -0.2) is 28.1 Å². The lowest BCUT2D eigenvalue weighted by Crippen LogP contribution is -2.49. The van der Waals surface area contributed by atoms with Gasteiger partial charge >= 0.3 is 5.97 Å². The molecule has 1 rings (SSSR count). The first-order chi connectivity index (χ1) is 8.62. The Labute approximate surface area is 110 Å². The molecule has 0 saturated carbocycles. The fourth-order valence-electron chi connectivity index (χ4n) is 1.55. The molecule has 1 aromatic carbocycles. The Hall–Kier alpha value is -2.11.